The zero-order valence-electron chi connectivity index (χ0n) is 12.0. The molecule has 0 aliphatic rings. The van der Waals surface area contributed by atoms with Crippen LogP contribution in [-0.2, 0) is 12.8 Å². The Morgan fingerprint density at radius 2 is 1.37 bits per heavy atom. The first kappa shape index (κ1) is 13.8. The van der Waals surface area contributed by atoms with Crippen molar-refractivity contribution in [3.63, 3.8) is 0 Å². The molecule has 1 heteroatoms. The Labute approximate surface area is 115 Å². The zero-order chi connectivity index (χ0) is 13.8. The van der Waals surface area contributed by atoms with Crippen LogP contribution in [0.4, 0.5) is 0 Å². The van der Waals surface area contributed by atoms with Gasteiger partial charge in [-0.3, -0.25) is 0 Å². The van der Waals surface area contributed by atoms with Gasteiger partial charge in [-0.1, -0.05) is 48.0 Å². The van der Waals surface area contributed by atoms with Crippen molar-refractivity contribution in [3.05, 3.63) is 70.3 Å². The predicted octanol–water partition coefficient (Wildman–Crippen LogP) is 3.76. The van der Waals surface area contributed by atoms with Gasteiger partial charge in [-0.2, -0.15) is 0 Å². The fraction of sp³-hybridized carbons (Fsp3) is 0.333. The van der Waals surface area contributed by atoms with Gasteiger partial charge in [-0.25, -0.2) is 0 Å². The van der Waals surface area contributed by atoms with E-state index >= 15 is 0 Å². The standard InChI is InChI=1S/C18H22O/c1-13-4-7-16(8-5-13)11-18(19)12-17-9-6-14(2)15(3)10-17/h4-10,18-19H,11-12H2,1-3H3. The minimum Gasteiger partial charge on any atom is -0.392 e. The van der Waals surface area contributed by atoms with Crippen LogP contribution in [0.15, 0.2) is 42.5 Å². The van der Waals surface area contributed by atoms with Crippen LogP contribution in [0, 0.1) is 20.8 Å². The molecule has 0 radical (unpaired) electrons. The zero-order valence-corrected chi connectivity index (χ0v) is 12.0. The molecular formula is C18H22O. The van der Waals surface area contributed by atoms with E-state index in [1.54, 1.807) is 0 Å². The summed E-state index contributed by atoms with van der Waals surface area (Å²) in [6.45, 7) is 6.31. The van der Waals surface area contributed by atoms with Crippen LogP contribution >= 0.6 is 0 Å². The molecule has 0 amide bonds. The summed E-state index contributed by atoms with van der Waals surface area (Å²) in [4.78, 5) is 0. The highest BCUT2D eigenvalue weighted by Crippen LogP contribution is 2.14. The van der Waals surface area contributed by atoms with Crippen LogP contribution in [0.2, 0.25) is 0 Å². The van der Waals surface area contributed by atoms with Crippen LogP contribution in [-0.4, -0.2) is 11.2 Å². The summed E-state index contributed by atoms with van der Waals surface area (Å²) in [6.07, 6.45) is 1.12. The third kappa shape index (κ3) is 3.93. The smallest absolute Gasteiger partial charge is 0.0620 e. The van der Waals surface area contributed by atoms with Crippen molar-refractivity contribution in [2.75, 3.05) is 0 Å². The van der Waals surface area contributed by atoms with Gasteiger partial charge < -0.3 is 5.11 Å². The van der Waals surface area contributed by atoms with Crippen LogP contribution in [0.5, 0.6) is 0 Å². The van der Waals surface area contributed by atoms with E-state index in [9.17, 15) is 5.11 Å². The predicted molar refractivity (Wildman–Crippen MR) is 80.5 cm³/mol. The molecule has 0 heterocycles. The normalized spacial score (nSPS) is 12.4. The lowest BCUT2D eigenvalue weighted by atomic mass is 9.98. The molecule has 19 heavy (non-hydrogen) atoms. The molecule has 1 nitrogen and oxygen atoms in total. The second kappa shape index (κ2) is 6.03. The van der Waals surface area contributed by atoms with Crippen molar-refractivity contribution in [3.8, 4) is 0 Å². The van der Waals surface area contributed by atoms with E-state index in [0.29, 0.717) is 6.42 Å². The van der Waals surface area contributed by atoms with E-state index in [2.05, 4.69) is 63.2 Å². The monoisotopic (exact) mass is 254 g/mol. The molecule has 0 aromatic heterocycles. The molecule has 0 spiro atoms. The first-order valence-corrected chi connectivity index (χ1v) is 6.84. The van der Waals surface area contributed by atoms with Gasteiger partial charge in [0.05, 0.1) is 6.10 Å². The Bertz CT molecular complexity index is 540. The summed E-state index contributed by atoms with van der Waals surface area (Å²) in [5.41, 5.74) is 6.26. The second-order valence-electron chi connectivity index (χ2n) is 5.47. The van der Waals surface area contributed by atoms with Gasteiger partial charge in [-0.05, 0) is 55.9 Å². The summed E-state index contributed by atoms with van der Waals surface area (Å²) in [5.74, 6) is 0. The van der Waals surface area contributed by atoms with Gasteiger partial charge in [0.1, 0.15) is 0 Å². The van der Waals surface area contributed by atoms with E-state index in [1.165, 1.54) is 27.8 Å². The molecule has 1 N–H and O–H groups in total. The van der Waals surface area contributed by atoms with E-state index in [4.69, 9.17) is 0 Å². The van der Waals surface area contributed by atoms with E-state index in [1.807, 2.05) is 0 Å². The number of aliphatic hydroxyl groups excluding tert-OH is 1. The lowest BCUT2D eigenvalue weighted by molar-refractivity contribution is 0.175. The number of aryl methyl sites for hydroxylation is 3. The Hall–Kier alpha value is -1.60. The van der Waals surface area contributed by atoms with Crippen molar-refractivity contribution < 1.29 is 5.11 Å². The third-order valence-corrected chi connectivity index (χ3v) is 3.63. The molecule has 0 aliphatic carbocycles. The number of hydrogen-bond donors (Lipinski definition) is 1. The Kier molecular flexibility index (Phi) is 4.39. The lowest BCUT2D eigenvalue weighted by Crippen LogP contribution is -2.14. The molecule has 0 bridgehead atoms. The molecule has 2 aromatic carbocycles. The maximum absolute atomic E-state index is 10.2. The van der Waals surface area contributed by atoms with E-state index in [0.717, 1.165) is 6.42 Å². The SMILES string of the molecule is Cc1ccc(CC(O)Cc2ccc(C)c(C)c2)cc1. The Morgan fingerprint density at radius 3 is 2.00 bits per heavy atom. The van der Waals surface area contributed by atoms with Gasteiger partial charge in [-0.15, -0.1) is 0 Å². The van der Waals surface area contributed by atoms with Crippen LogP contribution in [0.25, 0.3) is 0 Å². The minimum atomic E-state index is -0.315. The average molecular weight is 254 g/mol. The quantitative estimate of drug-likeness (QED) is 0.881. The van der Waals surface area contributed by atoms with Crippen LogP contribution < -0.4 is 0 Å². The summed E-state index contributed by atoms with van der Waals surface area (Å²) in [6, 6.07) is 14.8. The number of rotatable bonds is 4. The van der Waals surface area contributed by atoms with Crippen LogP contribution in [0.1, 0.15) is 27.8 Å². The molecule has 1 atom stereocenters. The van der Waals surface area contributed by atoms with Crippen molar-refractivity contribution in [1.82, 2.24) is 0 Å². The third-order valence-electron chi connectivity index (χ3n) is 3.63. The second-order valence-corrected chi connectivity index (χ2v) is 5.47. The van der Waals surface area contributed by atoms with E-state index in [-0.39, 0.29) is 6.10 Å². The first-order chi connectivity index (χ1) is 9.04. The van der Waals surface area contributed by atoms with Crippen molar-refractivity contribution in [1.29, 1.82) is 0 Å². The fourth-order valence-corrected chi connectivity index (χ4v) is 2.27. The van der Waals surface area contributed by atoms with Crippen molar-refractivity contribution in [2.45, 2.75) is 39.7 Å². The molecule has 1 unspecified atom stereocenters. The van der Waals surface area contributed by atoms with Gasteiger partial charge in [0.15, 0.2) is 0 Å². The van der Waals surface area contributed by atoms with E-state index < -0.39 is 0 Å². The van der Waals surface area contributed by atoms with Gasteiger partial charge in [0, 0.05) is 0 Å². The molecule has 2 rings (SSSR count). The number of aliphatic hydroxyl groups is 1. The number of hydrogen-bond acceptors (Lipinski definition) is 1. The lowest BCUT2D eigenvalue weighted by Gasteiger charge is -2.12. The average Bonchev–Trinajstić information content (AvgIpc) is 2.37. The largest absolute Gasteiger partial charge is 0.392 e. The minimum absolute atomic E-state index is 0.315. The molecule has 0 fully saturated rings. The molecule has 0 aliphatic heterocycles. The summed E-state index contributed by atoms with van der Waals surface area (Å²) in [7, 11) is 0. The molecular weight excluding hydrogens is 232 g/mol. The Balaban J connectivity index is 1.98. The summed E-state index contributed by atoms with van der Waals surface area (Å²) >= 11 is 0. The highest BCUT2D eigenvalue weighted by molar-refractivity contribution is 5.30. The maximum Gasteiger partial charge on any atom is 0.0620 e. The van der Waals surface area contributed by atoms with Crippen molar-refractivity contribution >= 4 is 0 Å². The van der Waals surface area contributed by atoms with Crippen LogP contribution in [0.3, 0.4) is 0 Å². The fourth-order valence-electron chi connectivity index (χ4n) is 2.27. The molecule has 100 valence electrons. The summed E-state index contributed by atoms with van der Waals surface area (Å²) in [5, 5.41) is 10.2. The highest BCUT2D eigenvalue weighted by atomic mass is 16.3. The number of benzene rings is 2. The summed E-state index contributed by atoms with van der Waals surface area (Å²) < 4.78 is 0. The first-order valence-electron chi connectivity index (χ1n) is 6.84. The molecule has 2 aromatic rings. The molecule has 0 saturated carbocycles. The topological polar surface area (TPSA) is 20.2 Å². The Morgan fingerprint density at radius 1 is 0.789 bits per heavy atom. The van der Waals surface area contributed by atoms with Gasteiger partial charge in [0.25, 0.3) is 0 Å². The van der Waals surface area contributed by atoms with Gasteiger partial charge in [0.2, 0.25) is 0 Å². The van der Waals surface area contributed by atoms with Crippen molar-refractivity contribution in [2.24, 2.45) is 0 Å². The highest BCUT2D eigenvalue weighted by Gasteiger charge is 2.07. The maximum atomic E-state index is 10.2. The van der Waals surface area contributed by atoms with Gasteiger partial charge >= 0.3 is 0 Å². The molecule has 0 saturated heterocycles.